The maximum Gasteiger partial charge on any atom is 0.274 e. The molecule has 2 aromatic heterocycles. The fraction of sp³-hybridized carbons (Fsp3) is 0.235. The van der Waals surface area contributed by atoms with Crippen LogP contribution < -0.4 is 10.9 Å². The van der Waals surface area contributed by atoms with E-state index in [-0.39, 0.29) is 11.5 Å². The Morgan fingerprint density at radius 1 is 1.30 bits per heavy atom. The minimum Gasteiger partial charge on any atom is -0.348 e. The van der Waals surface area contributed by atoms with Crippen LogP contribution in [0.3, 0.4) is 0 Å². The average molecular weight is 310 g/mol. The van der Waals surface area contributed by atoms with Crippen LogP contribution in [0.2, 0.25) is 0 Å². The molecule has 3 rings (SSSR count). The van der Waals surface area contributed by atoms with E-state index in [0.29, 0.717) is 28.8 Å². The number of amides is 1. The van der Waals surface area contributed by atoms with Gasteiger partial charge < -0.3 is 5.32 Å². The predicted molar refractivity (Wildman–Crippen MR) is 88.4 cm³/mol. The fourth-order valence-electron chi connectivity index (χ4n) is 2.66. The molecular weight excluding hydrogens is 292 g/mol. The van der Waals surface area contributed by atoms with Crippen LogP contribution in [0.5, 0.6) is 0 Å². The molecule has 2 heterocycles. The number of pyridine rings is 1. The summed E-state index contributed by atoms with van der Waals surface area (Å²) in [5.74, 6) is -0.279. The highest BCUT2D eigenvalue weighted by atomic mass is 16.2. The lowest BCUT2D eigenvalue weighted by Gasteiger charge is -2.07. The molecule has 0 saturated carbocycles. The molecule has 23 heavy (non-hydrogen) atoms. The van der Waals surface area contributed by atoms with Crippen LogP contribution >= 0.6 is 0 Å². The zero-order valence-corrected chi connectivity index (χ0v) is 13.3. The van der Waals surface area contributed by atoms with Gasteiger partial charge in [-0.2, -0.15) is 0 Å². The van der Waals surface area contributed by atoms with Gasteiger partial charge in [-0.15, -0.1) is 0 Å². The minimum absolute atomic E-state index is 0.279. The zero-order valence-electron chi connectivity index (χ0n) is 13.3. The van der Waals surface area contributed by atoms with Crippen LogP contribution in [0.4, 0.5) is 0 Å². The summed E-state index contributed by atoms with van der Waals surface area (Å²) in [7, 11) is 1.70. The molecule has 0 fully saturated rings. The molecule has 3 aromatic rings. The zero-order chi connectivity index (χ0) is 16.6. The Balaban J connectivity index is 1.93. The number of hydrogen-bond acceptors (Lipinski definition) is 3. The van der Waals surface area contributed by atoms with Crippen molar-refractivity contribution in [2.45, 2.75) is 20.4 Å². The molecule has 0 aliphatic heterocycles. The van der Waals surface area contributed by atoms with Gasteiger partial charge in [0.2, 0.25) is 0 Å². The topological polar surface area (TPSA) is 79.8 Å². The van der Waals surface area contributed by atoms with Crippen molar-refractivity contribution in [1.82, 2.24) is 20.1 Å². The van der Waals surface area contributed by atoms with Crippen LogP contribution in [-0.2, 0) is 13.6 Å². The van der Waals surface area contributed by atoms with Gasteiger partial charge in [0.1, 0.15) is 0 Å². The molecule has 1 amide bonds. The maximum atomic E-state index is 12.5. The largest absolute Gasteiger partial charge is 0.348 e. The number of carbonyl (C=O) groups excluding carboxylic acids is 1. The van der Waals surface area contributed by atoms with E-state index >= 15 is 0 Å². The summed E-state index contributed by atoms with van der Waals surface area (Å²) in [4.78, 5) is 28.9. The number of rotatable bonds is 3. The molecule has 0 spiro atoms. The number of benzene rings is 1. The van der Waals surface area contributed by atoms with Gasteiger partial charge in [0.25, 0.3) is 11.5 Å². The van der Waals surface area contributed by atoms with Crippen molar-refractivity contribution in [2.24, 2.45) is 7.05 Å². The van der Waals surface area contributed by atoms with Gasteiger partial charge in [0.05, 0.1) is 10.9 Å². The van der Waals surface area contributed by atoms with Gasteiger partial charge in [-0.25, -0.2) is 4.98 Å². The summed E-state index contributed by atoms with van der Waals surface area (Å²) in [5.41, 5.74) is 3.36. The lowest BCUT2D eigenvalue weighted by molar-refractivity contribution is 0.0952. The molecule has 6 nitrogen and oxygen atoms in total. The van der Waals surface area contributed by atoms with E-state index in [2.05, 4.69) is 15.4 Å². The molecule has 0 saturated heterocycles. The molecule has 0 atom stereocenters. The van der Waals surface area contributed by atoms with Gasteiger partial charge >= 0.3 is 0 Å². The second kappa shape index (κ2) is 5.72. The van der Waals surface area contributed by atoms with Gasteiger partial charge in [0.15, 0.2) is 5.65 Å². The third-order valence-electron chi connectivity index (χ3n) is 3.72. The second-order valence-electron chi connectivity index (χ2n) is 5.68. The molecule has 0 unspecified atom stereocenters. The number of carbonyl (C=O) groups is 1. The Kier molecular flexibility index (Phi) is 3.73. The number of aromatic amines is 1. The highest BCUT2D eigenvalue weighted by molar-refractivity contribution is 6.05. The minimum atomic E-state index is -0.310. The first-order valence-corrected chi connectivity index (χ1v) is 7.36. The van der Waals surface area contributed by atoms with Crippen molar-refractivity contribution in [3.05, 3.63) is 63.1 Å². The van der Waals surface area contributed by atoms with Crippen LogP contribution in [0, 0.1) is 13.8 Å². The average Bonchev–Trinajstić information content (AvgIpc) is 2.79. The number of hydrogen-bond donors (Lipinski definition) is 2. The lowest BCUT2D eigenvalue weighted by Crippen LogP contribution is -2.24. The van der Waals surface area contributed by atoms with E-state index < -0.39 is 0 Å². The van der Waals surface area contributed by atoms with E-state index in [1.807, 2.05) is 31.2 Å². The Bertz CT molecular complexity index is 953. The van der Waals surface area contributed by atoms with E-state index in [0.717, 1.165) is 11.1 Å². The summed E-state index contributed by atoms with van der Waals surface area (Å²) in [6.45, 7) is 4.22. The first-order valence-electron chi connectivity index (χ1n) is 7.36. The summed E-state index contributed by atoms with van der Waals surface area (Å²) in [6.07, 6.45) is 0. The van der Waals surface area contributed by atoms with E-state index in [1.165, 1.54) is 4.68 Å². The van der Waals surface area contributed by atoms with E-state index in [9.17, 15) is 9.59 Å². The molecule has 1 aromatic carbocycles. The number of nitrogens with zero attached hydrogens (tertiary/aromatic N) is 2. The summed E-state index contributed by atoms with van der Waals surface area (Å²) in [5, 5.41) is 5.83. The van der Waals surface area contributed by atoms with Gasteiger partial charge in [-0.1, -0.05) is 29.8 Å². The van der Waals surface area contributed by atoms with Gasteiger partial charge in [-0.05, 0) is 25.5 Å². The first-order chi connectivity index (χ1) is 11.0. The third kappa shape index (κ3) is 2.88. The summed E-state index contributed by atoms with van der Waals surface area (Å²) in [6, 6.07) is 9.57. The maximum absolute atomic E-state index is 12.5. The van der Waals surface area contributed by atoms with Crippen molar-refractivity contribution >= 4 is 16.9 Å². The lowest BCUT2D eigenvalue weighted by atomic mass is 10.1. The van der Waals surface area contributed by atoms with Crippen molar-refractivity contribution in [1.29, 1.82) is 0 Å². The number of H-pyrrole nitrogens is 1. The Morgan fingerprint density at radius 2 is 2.09 bits per heavy atom. The second-order valence-corrected chi connectivity index (χ2v) is 5.68. The standard InChI is InChI=1S/C17H18N4O2/c1-10-5-4-6-12(7-10)9-18-16(22)13-8-11(2)19-15-14(13)17(23)20-21(15)3/h4-8H,9H2,1-3H3,(H,18,22)(H,20,23). The molecular formula is C17H18N4O2. The Morgan fingerprint density at radius 3 is 2.83 bits per heavy atom. The smallest absolute Gasteiger partial charge is 0.274 e. The third-order valence-corrected chi connectivity index (χ3v) is 3.72. The Labute approximate surface area is 133 Å². The predicted octanol–water partition coefficient (Wildman–Crippen LogP) is 1.81. The van der Waals surface area contributed by atoms with Crippen molar-refractivity contribution in [3.63, 3.8) is 0 Å². The van der Waals surface area contributed by atoms with Gasteiger partial charge in [0, 0.05) is 19.3 Å². The molecule has 0 aliphatic rings. The van der Waals surface area contributed by atoms with Gasteiger partial charge in [-0.3, -0.25) is 19.4 Å². The summed E-state index contributed by atoms with van der Waals surface area (Å²) < 4.78 is 1.53. The Hall–Kier alpha value is -2.89. The van der Waals surface area contributed by atoms with E-state index in [1.54, 1.807) is 20.0 Å². The number of fused-ring (bicyclic) bond motifs is 1. The number of aromatic nitrogens is 3. The molecule has 0 aliphatic carbocycles. The number of aryl methyl sites for hydroxylation is 3. The quantitative estimate of drug-likeness (QED) is 0.774. The van der Waals surface area contributed by atoms with Crippen LogP contribution in [0.15, 0.2) is 35.1 Å². The van der Waals surface area contributed by atoms with Crippen LogP contribution in [0.1, 0.15) is 27.2 Å². The highest BCUT2D eigenvalue weighted by Gasteiger charge is 2.17. The molecule has 2 N–H and O–H groups in total. The summed E-state index contributed by atoms with van der Waals surface area (Å²) >= 11 is 0. The number of nitrogens with one attached hydrogen (secondary N) is 2. The normalized spacial score (nSPS) is 10.9. The monoisotopic (exact) mass is 310 g/mol. The SMILES string of the molecule is Cc1cccc(CNC(=O)c2cc(C)nc3c2c(=O)[nH]n3C)c1. The van der Waals surface area contributed by atoms with Crippen LogP contribution in [-0.4, -0.2) is 20.7 Å². The molecule has 0 bridgehead atoms. The molecule has 0 radical (unpaired) electrons. The molecule has 6 heteroatoms. The fourth-order valence-corrected chi connectivity index (χ4v) is 2.66. The van der Waals surface area contributed by atoms with Crippen LogP contribution in [0.25, 0.3) is 11.0 Å². The van der Waals surface area contributed by atoms with E-state index in [4.69, 9.17) is 0 Å². The molecule has 118 valence electrons. The first kappa shape index (κ1) is 15.0. The highest BCUT2D eigenvalue weighted by Crippen LogP contribution is 2.14. The van der Waals surface area contributed by atoms with Crippen molar-refractivity contribution in [3.8, 4) is 0 Å². The van der Waals surface area contributed by atoms with Crippen molar-refractivity contribution in [2.75, 3.05) is 0 Å². The van der Waals surface area contributed by atoms with Crippen molar-refractivity contribution < 1.29 is 4.79 Å².